The first kappa shape index (κ1) is 33.1. The Hall–Kier alpha value is -3.84. The number of carbonyl (C=O) groups is 4. The molecule has 2 aliphatic rings. The molecule has 2 heterocycles. The lowest BCUT2D eigenvalue weighted by Gasteiger charge is -2.29. The van der Waals surface area contributed by atoms with Crippen molar-refractivity contribution in [3.63, 3.8) is 0 Å². The largest absolute Gasteiger partial charge is 0.497 e. The van der Waals surface area contributed by atoms with Gasteiger partial charge in [0.2, 0.25) is 17.7 Å². The molecule has 5 atom stereocenters. The van der Waals surface area contributed by atoms with Crippen LogP contribution in [0.25, 0.3) is 0 Å². The van der Waals surface area contributed by atoms with Crippen molar-refractivity contribution in [2.45, 2.75) is 56.5 Å². The predicted octanol–water partition coefficient (Wildman–Crippen LogP) is 0.00580. The predicted molar refractivity (Wildman–Crippen MR) is 161 cm³/mol. The van der Waals surface area contributed by atoms with Crippen LogP contribution >= 0.6 is 0 Å². The van der Waals surface area contributed by atoms with Crippen LogP contribution in [0.1, 0.15) is 25.0 Å². The number of hydrogen-bond donors (Lipinski definition) is 4. The number of methoxy groups -OCH3 is 1. The van der Waals surface area contributed by atoms with Gasteiger partial charge in [0, 0.05) is 19.5 Å². The van der Waals surface area contributed by atoms with E-state index in [4.69, 9.17) is 14.2 Å². The number of aliphatic hydroxyl groups excluding tert-OH is 1. The quantitative estimate of drug-likeness (QED) is 0.204. The van der Waals surface area contributed by atoms with Gasteiger partial charge in [0.25, 0.3) is 0 Å². The minimum atomic E-state index is -1.31. The molecule has 2 aromatic rings. The number of hydrogen-bond acceptors (Lipinski definition) is 9. The van der Waals surface area contributed by atoms with Crippen LogP contribution in [0.2, 0.25) is 0 Å². The molecule has 238 valence electrons. The second-order valence-corrected chi connectivity index (χ2v) is 11.4. The SMILES string of the molecule is COc1ccc(C[C@H](NC(=O)[C@@H](NC(=O)CN2CCOCC2)[C@H](C)O)C(=O)N[C@@H](Cc2ccccc2)C(=O)[C@@]2(C)CO2)cc1. The van der Waals surface area contributed by atoms with Crippen molar-refractivity contribution in [3.8, 4) is 5.75 Å². The van der Waals surface area contributed by atoms with Gasteiger partial charge in [0.05, 0.1) is 45.6 Å². The zero-order valence-corrected chi connectivity index (χ0v) is 25.4. The molecule has 0 unspecified atom stereocenters. The lowest BCUT2D eigenvalue weighted by atomic mass is 9.94. The summed E-state index contributed by atoms with van der Waals surface area (Å²) in [6, 6.07) is 13.0. The summed E-state index contributed by atoms with van der Waals surface area (Å²) in [6.45, 7) is 5.56. The van der Waals surface area contributed by atoms with E-state index in [-0.39, 0.29) is 31.8 Å². The maximum Gasteiger partial charge on any atom is 0.245 e. The van der Waals surface area contributed by atoms with Crippen LogP contribution in [0.3, 0.4) is 0 Å². The third kappa shape index (κ3) is 9.33. The van der Waals surface area contributed by atoms with Crippen molar-refractivity contribution in [2.24, 2.45) is 0 Å². The lowest BCUT2D eigenvalue weighted by Crippen LogP contribution is -2.60. The van der Waals surface area contributed by atoms with Crippen LogP contribution in [0.5, 0.6) is 5.75 Å². The Bertz CT molecular complexity index is 1280. The Morgan fingerprint density at radius 1 is 0.909 bits per heavy atom. The van der Waals surface area contributed by atoms with Gasteiger partial charge in [-0.3, -0.25) is 24.1 Å². The van der Waals surface area contributed by atoms with Crippen LogP contribution in [-0.2, 0) is 41.5 Å². The molecular weight excluding hydrogens is 568 g/mol. The van der Waals surface area contributed by atoms with E-state index in [1.54, 1.807) is 38.3 Å². The molecule has 0 radical (unpaired) electrons. The third-order valence-electron chi connectivity index (χ3n) is 7.80. The number of morpholine rings is 1. The monoisotopic (exact) mass is 610 g/mol. The summed E-state index contributed by atoms with van der Waals surface area (Å²) in [5.74, 6) is -1.39. The van der Waals surface area contributed by atoms with Crippen molar-refractivity contribution in [1.82, 2.24) is 20.9 Å². The normalized spacial score (nSPS) is 20.8. The number of benzene rings is 2. The minimum Gasteiger partial charge on any atom is -0.497 e. The van der Waals surface area contributed by atoms with E-state index in [1.165, 1.54) is 6.92 Å². The molecule has 0 saturated carbocycles. The molecule has 44 heavy (non-hydrogen) atoms. The molecule has 3 amide bonds. The van der Waals surface area contributed by atoms with E-state index in [9.17, 15) is 24.3 Å². The Morgan fingerprint density at radius 3 is 2.09 bits per heavy atom. The van der Waals surface area contributed by atoms with Crippen molar-refractivity contribution in [1.29, 1.82) is 0 Å². The molecule has 12 heteroatoms. The van der Waals surface area contributed by atoms with E-state index in [0.29, 0.717) is 32.1 Å². The van der Waals surface area contributed by atoms with Crippen molar-refractivity contribution in [3.05, 3.63) is 65.7 Å². The summed E-state index contributed by atoms with van der Waals surface area (Å²) in [5, 5.41) is 18.6. The summed E-state index contributed by atoms with van der Waals surface area (Å²) in [7, 11) is 1.54. The van der Waals surface area contributed by atoms with E-state index in [1.807, 2.05) is 35.2 Å². The molecule has 2 aromatic carbocycles. The molecular formula is C32H42N4O8. The molecule has 0 aromatic heterocycles. The maximum atomic E-state index is 13.8. The lowest BCUT2D eigenvalue weighted by molar-refractivity contribution is -0.136. The standard InChI is InChI=1S/C32H42N4O8/c1-21(37)28(35-27(38)19-36-13-15-43-16-14-36)31(41)34-26(18-23-9-11-24(42-3)12-10-23)30(40)33-25(29(39)32(2)20-44-32)17-22-7-5-4-6-8-22/h4-12,21,25-26,28,37H,13-20H2,1-3H3,(H,33,40)(H,34,41)(H,35,38)/t21-,25-,26-,28-,32+/m0/s1. The molecule has 4 rings (SSSR count). The number of epoxide rings is 1. The van der Waals surface area contributed by atoms with Crippen molar-refractivity contribution in [2.75, 3.05) is 46.6 Å². The molecule has 0 spiro atoms. The first-order valence-electron chi connectivity index (χ1n) is 14.8. The topological polar surface area (TPSA) is 159 Å². The van der Waals surface area contributed by atoms with Gasteiger partial charge in [-0.1, -0.05) is 42.5 Å². The molecule has 2 fully saturated rings. The second-order valence-electron chi connectivity index (χ2n) is 11.4. The van der Waals surface area contributed by atoms with Crippen LogP contribution in [0.4, 0.5) is 0 Å². The maximum absolute atomic E-state index is 13.8. The summed E-state index contributed by atoms with van der Waals surface area (Å²) in [5.41, 5.74) is 0.590. The average molecular weight is 611 g/mol. The summed E-state index contributed by atoms with van der Waals surface area (Å²) < 4.78 is 15.9. The Morgan fingerprint density at radius 2 is 1.50 bits per heavy atom. The number of carbonyl (C=O) groups excluding carboxylic acids is 4. The fraction of sp³-hybridized carbons (Fsp3) is 0.500. The van der Waals surface area contributed by atoms with Gasteiger partial charge < -0.3 is 35.3 Å². The summed E-state index contributed by atoms with van der Waals surface area (Å²) >= 11 is 0. The number of Topliss-reactive ketones (excluding diaryl/α,β-unsaturated/α-hetero) is 1. The highest BCUT2D eigenvalue weighted by molar-refractivity contribution is 5.98. The zero-order valence-electron chi connectivity index (χ0n) is 25.4. The fourth-order valence-corrected chi connectivity index (χ4v) is 5.01. The Balaban J connectivity index is 1.51. The van der Waals surface area contributed by atoms with Crippen LogP contribution in [0.15, 0.2) is 54.6 Å². The first-order valence-corrected chi connectivity index (χ1v) is 14.8. The Labute approximate surface area is 257 Å². The average Bonchev–Trinajstić information content (AvgIpc) is 3.78. The number of nitrogens with zero attached hydrogens (tertiary/aromatic N) is 1. The van der Waals surface area contributed by atoms with Gasteiger partial charge in [-0.15, -0.1) is 0 Å². The number of rotatable bonds is 15. The highest BCUT2D eigenvalue weighted by Gasteiger charge is 2.50. The van der Waals surface area contributed by atoms with Crippen molar-refractivity contribution < 1.29 is 38.5 Å². The smallest absolute Gasteiger partial charge is 0.245 e. The fourth-order valence-electron chi connectivity index (χ4n) is 5.01. The molecule has 0 bridgehead atoms. The number of aliphatic hydroxyl groups is 1. The number of ether oxygens (including phenoxy) is 3. The molecule has 2 aliphatic heterocycles. The number of nitrogens with one attached hydrogen (secondary N) is 3. The molecule has 12 nitrogen and oxygen atoms in total. The summed E-state index contributed by atoms with van der Waals surface area (Å²) in [6.07, 6.45) is -0.926. The van der Waals surface area contributed by atoms with Gasteiger partial charge in [-0.05, 0) is 43.5 Å². The van der Waals surface area contributed by atoms with E-state index in [2.05, 4.69) is 16.0 Å². The van der Waals surface area contributed by atoms with Gasteiger partial charge in [0.1, 0.15) is 23.4 Å². The minimum absolute atomic E-state index is 0.0414. The molecule has 2 saturated heterocycles. The van der Waals surface area contributed by atoms with Crippen molar-refractivity contribution >= 4 is 23.5 Å². The van der Waals surface area contributed by atoms with Gasteiger partial charge in [-0.2, -0.15) is 0 Å². The molecule has 4 N–H and O–H groups in total. The first-order chi connectivity index (χ1) is 21.1. The van der Waals surface area contributed by atoms with Gasteiger partial charge in [0.15, 0.2) is 5.78 Å². The van der Waals surface area contributed by atoms with E-state index < -0.39 is 47.6 Å². The second kappa shape index (κ2) is 15.2. The Kier molecular flexibility index (Phi) is 11.5. The van der Waals surface area contributed by atoms with Crippen LogP contribution in [-0.4, -0.2) is 110 Å². The highest BCUT2D eigenvalue weighted by Crippen LogP contribution is 2.29. The summed E-state index contributed by atoms with van der Waals surface area (Å²) in [4.78, 5) is 55.4. The van der Waals surface area contributed by atoms with Crippen LogP contribution < -0.4 is 20.7 Å². The van der Waals surface area contributed by atoms with Gasteiger partial charge >= 0.3 is 0 Å². The van der Waals surface area contributed by atoms with Gasteiger partial charge in [-0.25, -0.2) is 0 Å². The zero-order chi connectivity index (χ0) is 31.7. The number of amides is 3. The third-order valence-corrected chi connectivity index (χ3v) is 7.80. The highest BCUT2D eigenvalue weighted by atomic mass is 16.6. The van der Waals surface area contributed by atoms with E-state index >= 15 is 0 Å². The van der Waals surface area contributed by atoms with Crippen LogP contribution in [0, 0.1) is 0 Å². The number of ketones is 1. The molecule has 0 aliphatic carbocycles. The van der Waals surface area contributed by atoms with E-state index in [0.717, 1.165) is 11.1 Å².